The summed E-state index contributed by atoms with van der Waals surface area (Å²) < 4.78 is 5.46. The van der Waals surface area contributed by atoms with Gasteiger partial charge in [0.25, 0.3) is 0 Å². The lowest BCUT2D eigenvalue weighted by molar-refractivity contribution is -0.116. The number of nitrogens with two attached hydrogens (primary N) is 1. The van der Waals surface area contributed by atoms with Gasteiger partial charge in [0, 0.05) is 13.0 Å². The molecule has 0 aliphatic carbocycles. The standard InChI is InChI=1S/C7H15NO2/c1-7(2)5-6(10-8)3-4-9-7/h6H,3-5,8H2,1-2H3. The van der Waals surface area contributed by atoms with Gasteiger partial charge in [-0.15, -0.1) is 0 Å². The summed E-state index contributed by atoms with van der Waals surface area (Å²) in [4.78, 5) is 4.75. The van der Waals surface area contributed by atoms with Gasteiger partial charge in [0.05, 0.1) is 11.7 Å². The first kappa shape index (κ1) is 7.98. The van der Waals surface area contributed by atoms with Gasteiger partial charge in [-0.2, -0.15) is 0 Å². The first-order chi connectivity index (χ1) is 4.64. The minimum absolute atomic E-state index is 0.0533. The van der Waals surface area contributed by atoms with E-state index in [0.717, 1.165) is 19.4 Å². The highest BCUT2D eigenvalue weighted by Gasteiger charge is 2.28. The van der Waals surface area contributed by atoms with Crippen molar-refractivity contribution in [3.8, 4) is 0 Å². The molecule has 1 aliphatic heterocycles. The molecule has 0 aromatic rings. The smallest absolute Gasteiger partial charge is 0.0836 e. The lowest BCUT2D eigenvalue weighted by Crippen LogP contribution is -2.38. The fraction of sp³-hybridized carbons (Fsp3) is 1.00. The third kappa shape index (κ3) is 1.94. The molecule has 1 heterocycles. The van der Waals surface area contributed by atoms with Gasteiger partial charge in [0.2, 0.25) is 0 Å². The van der Waals surface area contributed by atoms with E-state index < -0.39 is 0 Å². The van der Waals surface area contributed by atoms with Crippen LogP contribution < -0.4 is 5.90 Å². The molecule has 0 saturated carbocycles. The van der Waals surface area contributed by atoms with Crippen LogP contribution in [-0.2, 0) is 9.57 Å². The van der Waals surface area contributed by atoms with Crippen molar-refractivity contribution in [3.05, 3.63) is 0 Å². The average Bonchev–Trinajstić information content (AvgIpc) is 1.86. The van der Waals surface area contributed by atoms with Gasteiger partial charge in [-0.1, -0.05) is 0 Å². The summed E-state index contributed by atoms with van der Waals surface area (Å²) in [7, 11) is 0. The third-order valence-corrected chi connectivity index (χ3v) is 1.84. The Bertz CT molecular complexity index is 114. The minimum Gasteiger partial charge on any atom is -0.375 e. The maximum atomic E-state index is 5.46. The summed E-state index contributed by atoms with van der Waals surface area (Å²) in [5.41, 5.74) is -0.0533. The second kappa shape index (κ2) is 2.86. The van der Waals surface area contributed by atoms with E-state index >= 15 is 0 Å². The van der Waals surface area contributed by atoms with Gasteiger partial charge < -0.3 is 9.57 Å². The molecule has 0 amide bonds. The highest BCUT2D eigenvalue weighted by atomic mass is 16.6. The molecule has 1 atom stereocenters. The largest absolute Gasteiger partial charge is 0.375 e. The van der Waals surface area contributed by atoms with Gasteiger partial charge in [0.15, 0.2) is 0 Å². The van der Waals surface area contributed by atoms with Crippen molar-refractivity contribution in [2.75, 3.05) is 6.61 Å². The van der Waals surface area contributed by atoms with E-state index in [9.17, 15) is 0 Å². The molecular weight excluding hydrogens is 130 g/mol. The van der Waals surface area contributed by atoms with E-state index in [4.69, 9.17) is 15.5 Å². The summed E-state index contributed by atoms with van der Waals surface area (Å²) in [5, 5.41) is 0. The molecule has 0 spiro atoms. The first-order valence-electron chi connectivity index (χ1n) is 3.63. The monoisotopic (exact) mass is 145 g/mol. The Balaban J connectivity index is 2.40. The van der Waals surface area contributed by atoms with Crippen LogP contribution in [0, 0.1) is 0 Å². The Labute approximate surface area is 61.4 Å². The molecule has 2 N–H and O–H groups in total. The molecule has 1 saturated heterocycles. The zero-order chi connectivity index (χ0) is 7.61. The van der Waals surface area contributed by atoms with Crippen LogP contribution in [0.25, 0.3) is 0 Å². The SMILES string of the molecule is CC1(C)CC(ON)CCO1. The topological polar surface area (TPSA) is 44.5 Å². The van der Waals surface area contributed by atoms with Gasteiger partial charge in [-0.05, 0) is 20.3 Å². The van der Waals surface area contributed by atoms with Crippen LogP contribution in [0.3, 0.4) is 0 Å². The summed E-state index contributed by atoms with van der Waals surface area (Å²) in [6.07, 6.45) is 1.99. The molecule has 3 heteroatoms. The summed E-state index contributed by atoms with van der Waals surface area (Å²) in [6.45, 7) is 4.87. The highest BCUT2D eigenvalue weighted by molar-refractivity contribution is 4.78. The van der Waals surface area contributed by atoms with Crippen LogP contribution >= 0.6 is 0 Å². The van der Waals surface area contributed by atoms with Crippen LogP contribution in [0.15, 0.2) is 0 Å². The van der Waals surface area contributed by atoms with Gasteiger partial charge >= 0.3 is 0 Å². The predicted molar refractivity (Wildman–Crippen MR) is 38.3 cm³/mol. The molecule has 10 heavy (non-hydrogen) atoms. The van der Waals surface area contributed by atoms with Gasteiger partial charge in [-0.3, -0.25) is 0 Å². The molecule has 1 fully saturated rings. The summed E-state index contributed by atoms with van der Waals surface area (Å²) in [5.74, 6) is 5.07. The number of hydrogen-bond acceptors (Lipinski definition) is 3. The maximum absolute atomic E-state index is 5.46. The van der Waals surface area contributed by atoms with E-state index in [1.54, 1.807) is 0 Å². The first-order valence-corrected chi connectivity index (χ1v) is 3.63. The van der Waals surface area contributed by atoms with E-state index in [1.165, 1.54) is 0 Å². The Hall–Kier alpha value is -0.120. The minimum atomic E-state index is -0.0533. The third-order valence-electron chi connectivity index (χ3n) is 1.84. The van der Waals surface area contributed by atoms with Crippen LogP contribution in [0.2, 0.25) is 0 Å². The van der Waals surface area contributed by atoms with E-state index in [0.29, 0.717) is 0 Å². The molecular formula is C7H15NO2. The maximum Gasteiger partial charge on any atom is 0.0836 e. The Morgan fingerprint density at radius 1 is 1.60 bits per heavy atom. The van der Waals surface area contributed by atoms with E-state index in [2.05, 4.69) is 13.8 Å². The van der Waals surface area contributed by atoms with Crippen LogP contribution in [-0.4, -0.2) is 18.3 Å². The highest BCUT2D eigenvalue weighted by Crippen LogP contribution is 2.24. The molecule has 1 aliphatic rings. The molecule has 1 rings (SSSR count). The lowest BCUT2D eigenvalue weighted by Gasteiger charge is -2.34. The second-order valence-corrected chi connectivity index (χ2v) is 3.36. The molecule has 3 nitrogen and oxygen atoms in total. The molecule has 0 bridgehead atoms. The van der Waals surface area contributed by atoms with Crippen LogP contribution in [0.1, 0.15) is 26.7 Å². The zero-order valence-electron chi connectivity index (χ0n) is 6.59. The van der Waals surface area contributed by atoms with Gasteiger partial charge in [-0.25, -0.2) is 5.90 Å². The average molecular weight is 145 g/mol. The van der Waals surface area contributed by atoms with Crippen molar-refractivity contribution in [1.29, 1.82) is 0 Å². The zero-order valence-corrected chi connectivity index (χ0v) is 6.59. The van der Waals surface area contributed by atoms with Crippen molar-refractivity contribution < 1.29 is 9.57 Å². The van der Waals surface area contributed by atoms with Crippen molar-refractivity contribution in [1.82, 2.24) is 0 Å². The Morgan fingerprint density at radius 2 is 2.30 bits per heavy atom. The van der Waals surface area contributed by atoms with Crippen molar-refractivity contribution in [2.24, 2.45) is 5.90 Å². The quantitative estimate of drug-likeness (QED) is 0.556. The van der Waals surface area contributed by atoms with E-state index in [1.807, 2.05) is 0 Å². The second-order valence-electron chi connectivity index (χ2n) is 3.36. The fourth-order valence-corrected chi connectivity index (χ4v) is 1.29. The van der Waals surface area contributed by atoms with Crippen molar-refractivity contribution in [3.63, 3.8) is 0 Å². The number of hydrogen-bond donors (Lipinski definition) is 1. The summed E-state index contributed by atoms with van der Waals surface area (Å²) >= 11 is 0. The fourth-order valence-electron chi connectivity index (χ4n) is 1.29. The molecule has 60 valence electrons. The van der Waals surface area contributed by atoms with E-state index in [-0.39, 0.29) is 11.7 Å². The lowest BCUT2D eigenvalue weighted by atomic mass is 9.96. The molecule has 1 unspecified atom stereocenters. The van der Waals surface area contributed by atoms with Crippen LogP contribution in [0.4, 0.5) is 0 Å². The molecule has 0 aromatic heterocycles. The molecule has 0 aromatic carbocycles. The number of ether oxygens (including phenoxy) is 1. The Morgan fingerprint density at radius 3 is 2.70 bits per heavy atom. The number of rotatable bonds is 1. The summed E-state index contributed by atoms with van der Waals surface area (Å²) in [6, 6.07) is 0. The van der Waals surface area contributed by atoms with Crippen molar-refractivity contribution in [2.45, 2.75) is 38.4 Å². The predicted octanol–water partition coefficient (Wildman–Crippen LogP) is 0.834. The normalized spacial score (nSPS) is 32.1. The van der Waals surface area contributed by atoms with Gasteiger partial charge in [0.1, 0.15) is 0 Å². The Kier molecular flexibility index (Phi) is 2.28. The van der Waals surface area contributed by atoms with Crippen LogP contribution in [0.5, 0.6) is 0 Å². The molecule has 0 radical (unpaired) electrons. The van der Waals surface area contributed by atoms with Crippen molar-refractivity contribution >= 4 is 0 Å².